The van der Waals surface area contributed by atoms with E-state index in [0.29, 0.717) is 12.3 Å². The van der Waals surface area contributed by atoms with Crippen molar-refractivity contribution in [2.45, 2.75) is 46.0 Å². The molecule has 76 valence electrons. The van der Waals surface area contributed by atoms with Gasteiger partial charge in [0.1, 0.15) is 5.78 Å². The van der Waals surface area contributed by atoms with Crippen molar-refractivity contribution in [2.24, 2.45) is 17.1 Å². The van der Waals surface area contributed by atoms with E-state index in [1.54, 1.807) is 0 Å². The van der Waals surface area contributed by atoms with Crippen molar-refractivity contribution in [3.8, 4) is 0 Å². The summed E-state index contributed by atoms with van der Waals surface area (Å²) >= 11 is 0. The molecule has 1 aliphatic rings. The molecule has 1 aliphatic carbocycles. The van der Waals surface area contributed by atoms with Gasteiger partial charge in [0.15, 0.2) is 0 Å². The normalized spacial score (nSPS) is 21.8. The fourth-order valence-electron chi connectivity index (χ4n) is 2.39. The highest BCUT2D eigenvalue weighted by Crippen LogP contribution is 2.37. The Bertz CT molecular complexity index is 181. The zero-order chi connectivity index (χ0) is 9.90. The van der Waals surface area contributed by atoms with E-state index >= 15 is 0 Å². The second-order valence-electron chi connectivity index (χ2n) is 4.56. The number of nitrogens with two attached hydrogens (primary N) is 1. The largest absolute Gasteiger partial charge is 0.329 e. The van der Waals surface area contributed by atoms with Gasteiger partial charge >= 0.3 is 0 Å². The third-order valence-corrected chi connectivity index (χ3v) is 3.25. The first kappa shape index (κ1) is 10.7. The number of hydrogen-bond donors (Lipinski definition) is 1. The van der Waals surface area contributed by atoms with E-state index in [2.05, 4.69) is 0 Å². The van der Waals surface area contributed by atoms with Gasteiger partial charge in [-0.2, -0.15) is 0 Å². The Morgan fingerprint density at radius 2 is 1.85 bits per heavy atom. The number of ketones is 1. The van der Waals surface area contributed by atoms with E-state index < -0.39 is 0 Å². The lowest BCUT2D eigenvalue weighted by Gasteiger charge is -2.36. The maximum Gasteiger partial charge on any atom is 0.142 e. The highest BCUT2D eigenvalue weighted by molar-refractivity contribution is 5.86. The predicted molar refractivity (Wildman–Crippen MR) is 54.4 cm³/mol. The summed E-state index contributed by atoms with van der Waals surface area (Å²) in [7, 11) is 0. The summed E-state index contributed by atoms with van der Waals surface area (Å²) in [6.45, 7) is 4.51. The summed E-state index contributed by atoms with van der Waals surface area (Å²) in [5, 5.41) is 0. The molecule has 0 spiro atoms. The Balaban J connectivity index is 2.72. The minimum atomic E-state index is -0.160. The van der Waals surface area contributed by atoms with Crippen molar-refractivity contribution in [1.29, 1.82) is 0 Å². The molecular formula is C11H21NO. The van der Waals surface area contributed by atoms with Crippen molar-refractivity contribution < 1.29 is 4.79 Å². The summed E-state index contributed by atoms with van der Waals surface area (Å²) in [6, 6.07) is 0. The first-order valence-corrected chi connectivity index (χ1v) is 5.37. The Labute approximate surface area is 80.9 Å². The summed E-state index contributed by atoms with van der Waals surface area (Å²) in [5.41, 5.74) is 5.60. The minimum Gasteiger partial charge on any atom is -0.329 e. The summed E-state index contributed by atoms with van der Waals surface area (Å²) in [5.74, 6) is 0.524. The molecule has 0 bridgehead atoms. The Morgan fingerprint density at radius 1 is 1.31 bits per heavy atom. The highest BCUT2D eigenvalue weighted by Gasteiger charge is 2.38. The van der Waals surface area contributed by atoms with E-state index in [4.69, 9.17) is 5.73 Å². The molecule has 1 rings (SSSR count). The fourth-order valence-corrected chi connectivity index (χ4v) is 2.39. The Hall–Kier alpha value is -0.370. The molecule has 0 aromatic carbocycles. The topological polar surface area (TPSA) is 43.1 Å². The van der Waals surface area contributed by atoms with Crippen molar-refractivity contribution >= 4 is 5.78 Å². The van der Waals surface area contributed by atoms with Gasteiger partial charge in [-0.1, -0.05) is 33.1 Å². The molecule has 2 N–H and O–H groups in total. The third-order valence-electron chi connectivity index (χ3n) is 3.25. The Morgan fingerprint density at radius 3 is 2.23 bits per heavy atom. The van der Waals surface area contributed by atoms with Crippen molar-refractivity contribution in [3.05, 3.63) is 0 Å². The van der Waals surface area contributed by atoms with Crippen LogP contribution in [0.4, 0.5) is 0 Å². The van der Waals surface area contributed by atoms with Gasteiger partial charge in [0, 0.05) is 17.9 Å². The van der Waals surface area contributed by atoms with Crippen LogP contribution in [-0.2, 0) is 4.79 Å². The van der Waals surface area contributed by atoms with Crippen molar-refractivity contribution in [2.75, 3.05) is 6.54 Å². The first-order chi connectivity index (χ1) is 6.12. The summed E-state index contributed by atoms with van der Waals surface area (Å²) in [6.07, 6.45) is 5.65. The lowest BCUT2D eigenvalue weighted by Crippen LogP contribution is -2.42. The van der Waals surface area contributed by atoms with Gasteiger partial charge in [-0.3, -0.25) is 4.79 Å². The summed E-state index contributed by atoms with van der Waals surface area (Å²) in [4.78, 5) is 12.0. The van der Waals surface area contributed by atoms with Crippen LogP contribution in [0.3, 0.4) is 0 Å². The molecule has 1 fully saturated rings. The standard InChI is InChI=1S/C11H21NO/c1-9(2)10(13)11(8-12)6-4-3-5-7-11/h9H,3-8,12H2,1-2H3. The molecule has 0 heterocycles. The van der Waals surface area contributed by atoms with Crippen LogP contribution >= 0.6 is 0 Å². The molecule has 0 saturated heterocycles. The van der Waals surface area contributed by atoms with Gasteiger partial charge in [0.2, 0.25) is 0 Å². The first-order valence-electron chi connectivity index (χ1n) is 5.37. The van der Waals surface area contributed by atoms with Crippen LogP contribution in [-0.4, -0.2) is 12.3 Å². The molecule has 0 unspecified atom stereocenters. The van der Waals surface area contributed by atoms with Crippen molar-refractivity contribution in [1.82, 2.24) is 0 Å². The van der Waals surface area contributed by atoms with Crippen LogP contribution in [0, 0.1) is 11.3 Å². The SMILES string of the molecule is CC(C)C(=O)C1(CN)CCCCC1. The lowest BCUT2D eigenvalue weighted by atomic mass is 9.68. The van der Waals surface area contributed by atoms with Crippen LogP contribution in [0.1, 0.15) is 46.0 Å². The second kappa shape index (κ2) is 4.23. The molecule has 0 aliphatic heterocycles. The van der Waals surface area contributed by atoms with E-state index in [-0.39, 0.29) is 11.3 Å². The van der Waals surface area contributed by atoms with Gasteiger partial charge in [-0.15, -0.1) is 0 Å². The number of carbonyl (C=O) groups excluding carboxylic acids is 1. The van der Waals surface area contributed by atoms with Gasteiger partial charge < -0.3 is 5.73 Å². The predicted octanol–water partition coefficient (Wildman–Crippen LogP) is 2.12. The van der Waals surface area contributed by atoms with Crippen LogP contribution in [0.2, 0.25) is 0 Å². The lowest BCUT2D eigenvalue weighted by molar-refractivity contribution is -0.133. The van der Waals surface area contributed by atoms with Gasteiger partial charge in [0.25, 0.3) is 0 Å². The monoisotopic (exact) mass is 183 g/mol. The van der Waals surface area contributed by atoms with E-state index in [9.17, 15) is 4.79 Å². The minimum absolute atomic E-state index is 0.140. The zero-order valence-electron chi connectivity index (χ0n) is 8.81. The molecular weight excluding hydrogens is 162 g/mol. The molecule has 0 aromatic rings. The smallest absolute Gasteiger partial charge is 0.142 e. The van der Waals surface area contributed by atoms with Crippen LogP contribution in [0.5, 0.6) is 0 Å². The number of Topliss-reactive ketones (excluding diaryl/α,β-unsaturated/α-hetero) is 1. The fraction of sp³-hybridized carbons (Fsp3) is 0.909. The average Bonchev–Trinajstić information content (AvgIpc) is 2.17. The van der Waals surface area contributed by atoms with Gasteiger partial charge in [-0.05, 0) is 12.8 Å². The van der Waals surface area contributed by atoms with Gasteiger partial charge in [-0.25, -0.2) is 0 Å². The molecule has 0 atom stereocenters. The molecule has 0 aromatic heterocycles. The summed E-state index contributed by atoms with van der Waals surface area (Å²) < 4.78 is 0. The third kappa shape index (κ3) is 2.11. The second-order valence-corrected chi connectivity index (χ2v) is 4.56. The number of rotatable bonds is 3. The van der Waals surface area contributed by atoms with Gasteiger partial charge in [0.05, 0.1) is 0 Å². The molecule has 13 heavy (non-hydrogen) atoms. The Kier molecular flexibility index (Phi) is 3.48. The van der Waals surface area contributed by atoms with Crippen LogP contribution in [0.15, 0.2) is 0 Å². The molecule has 1 saturated carbocycles. The van der Waals surface area contributed by atoms with Crippen LogP contribution in [0.25, 0.3) is 0 Å². The maximum atomic E-state index is 12.0. The molecule has 0 radical (unpaired) electrons. The maximum absolute atomic E-state index is 12.0. The zero-order valence-corrected chi connectivity index (χ0v) is 8.81. The highest BCUT2D eigenvalue weighted by atomic mass is 16.1. The molecule has 2 heteroatoms. The molecule has 2 nitrogen and oxygen atoms in total. The van der Waals surface area contributed by atoms with Crippen molar-refractivity contribution in [3.63, 3.8) is 0 Å². The van der Waals surface area contributed by atoms with E-state index in [0.717, 1.165) is 12.8 Å². The van der Waals surface area contributed by atoms with E-state index in [1.165, 1.54) is 19.3 Å². The molecule has 0 amide bonds. The number of carbonyl (C=O) groups is 1. The number of hydrogen-bond acceptors (Lipinski definition) is 2. The van der Waals surface area contributed by atoms with E-state index in [1.807, 2.05) is 13.8 Å². The van der Waals surface area contributed by atoms with Crippen LogP contribution < -0.4 is 5.73 Å². The quantitative estimate of drug-likeness (QED) is 0.728. The average molecular weight is 183 g/mol.